The SMILES string of the molecule is N#Cc1ccc(N2CCCCN2C(=O)Cc2c(F)cccc2Cl)c2ccccc12. The monoisotopic (exact) mass is 407 g/mol. The Morgan fingerprint density at radius 3 is 2.55 bits per heavy atom. The van der Waals surface area contributed by atoms with E-state index in [-0.39, 0.29) is 22.9 Å². The highest BCUT2D eigenvalue weighted by Crippen LogP contribution is 2.32. The summed E-state index contributed by atoms with van der Waals surface area (Å²) in [7, 11) is 0. The van der Waals surface area contributed by atoms with Crippen molar-refractivity contribution < 1.29 is 9.18 Å². The molecule has 3 aromatic carbocycles. The first-order valence-electron chi connectivity index (χ1n) is 9.52. The molecule has 0 bridgehead atoms. The first kappa shape index (κ1) is 19.2. The summed E-state index contributed by atoms with van der Waals surface area (Å²) in [6.07, 6.45) is 1.72. The molecule has 0 radical (unpaired) electrons. The molecule has 4 nitrogen and oxygen atoms in total. The van der Waals surface area contributed by atoms with Crippen LogP contribution in [-0.2, 0) is 11.2 Å². The number of carbonyl (C=O) groups is 1. The lowest BCUT2D eigenvalue weighted by Crippen LogP contribution is -2.51. The van der Waals surface area contributed by atoms with E-state index in [0.29, 0.717) is 18.7 Å². The summed E-state index contributed by atoms with van der Waals surface area (Å²) >= 11 is 6.12. The normalized spacial score (nSPS) is 14.1. The molecule has 6 heteroatoms. The van der Waals surface area contributed by atoms with Gasteiger partial charge in [0.25, 0.3) is 0 Å². The smallest absolute Gasteiger partial charge is 0.245 e. The van der Waals surface area contributed by atoms with E-state index in [4.69, 9.17) is 11.6 Å². The summed E-state index contributed by atoms with van der Waals surface area (Å²) < 4.78 is 14.2. The van der Waals surface area contributed by atoms with Crippen LogP contribution in [0.15, 0.2) is 54.6 Å². The van der Waals surface area contributed by atoms with Gasteiger partial charge in [-0.25, -0.2) is 4.39 Å². The molecule has 1 fully saturated rings. The predicted octanol–water partition coefficient (Wildman–Crippen LogP) is 5.09. The third-order valence-corrected chi connectivity index (χ3v) is 5.61. The molecule has 0 aromatic heterocycles. The van der Waals surface area contributed by atoms with Crippen molar-refractivity contribution in [2.45, 2.75) is 19.3 Å². The maximum atomic E-state index is 14.2. The quantitative estimate of drug-likeness (QED) is 0.607. The molecule has 1 heterocycles. The summed E-state index contributed by atoms with van der Waals surface area (Å²) in [6.45, 7) is 1.23. The van der Waals surface area contributed by atoms with Crippen molar-refractivity contribution in [3.05, 3.63) is 76.6 Å². The number of benzene rings is 3. The molecule has 0 unspecified atom stereocenters. The summed E-state index contributed by atoms with van der Waals surface area (Å²) in [4.78, 5) is 13.1. The second-order valence-electron chi connectivity index (χ2n) is 7.01. The minimum absolute atomic E-state index is 0.101. The molecule has 0 saturated carbocycles. The average Bonchev–Trinajstić information content (AvgIpc) is 2.75. The molecule has 3 aromatic rings. The molecular formula is C23H19ClFN3O. The van der Waals surface area contributed by atoms with Crippen molar-refractivity contribution in [2.24, 2.45) is 0 Å². The minimum Gasteiger partial charge on any atom is -0.282 e. The zero-order chi connectivity index (χ0) is 20.4. The van der Waals surface area contributed by atoms with Crippen LogP contribution in [0.5, 0.6) is 0 Å². The zero-order valence-corrected chi connectivity index (χ0v) is 16.5. The number of rotatable bonds is 3. The average molecular weight is 408 g/mol. The lowest BCUT2D eigenvalue weighted by atomic mass is 10.0. The van der Waals surface area contributed by atoms with Gasteiger partial charge in [-0.05, 0) is 37.1 Å². The van der Waals surface area contributed by atoms with Gasteiger partial charge in [-0.1, -0.05) is 41.9 Å². The Labute approximate surface area is 173 Å². The van der Waals surface area contributed by atoms with Gasteiger partial charge in [0.15, 0.2) is 0 Å². The zero-order valence-electron chi connectivity index (χ0n) is 15.7. The van der Waals surface area contributed by atoms with Gasteiger partial charge in [-0.15, -0.1) is 0 Å². The second-order valence-corrected chi connectivity index (χ2v) is 7.42. The third-order valence-electron chi connectivity index (χ3n) is 5.26. The molecule has 0 spiro atoms. The Hall–Kier alpha value is -3.10. The van der Waals surface area contributed by atoms with Crippen LogP contribution in [0.2, 0.25) is 5.02 Å². The predicted molar refractivity (Wildman–Crippen MR) is 112 cm³/mol. The summed E-state index contributed by atoms with van der Waals surface area (Å²) in [6, 6.07) is 18.0. The molecule has 0 N–H and O–H groups in total. The lowest BCUT2D eigenvalue weighted by molar-refractivity contribution is -0.132. The highest BCUT2D eigenvalue weighted by Gasteiger charge is 2.27. The number of halogens is 2. The second kappa shape index (κ2) is 8.10. The minimum atomic E-state index is -0.474. The molecule has 1 aliphatic heterocycles. The molecular weight excluding hydrogens is 389 g/mol. The summed E-state index contributed by atoms with van der Waals surface area (Å²) in [5, 5.41) is 15.1. The number of fused-ring (bicyclic) bond motifs is 1. The molecule has 1 saturated heterocycles. The van der Waals surface area contributed by atoms with Crippen molar-refractivity contribution in [1.29, 1.82) is 5.26 Å². The fourth-order valence-corrected chi connectivity index (χ4v) is 4.05. The number of hydrazine groups is 1. The van der Waals surface area contributed by atoms with Crippen molar-refractivity contribution >= 4 is 34.0 Å². The Bertz CT molecular complexity index is 1100. The van der Waals surface area contributed by atoms with E-state index >= 15 is 0 Å². The summed E-state index contributed by atoms with van der Waals surface area (Å²) in [5.74, 6) is -0.677. The van der Waals surface area contributed by atoms with Gasteiger partial charge < -0.3 is 0 Å². The van der Waals surface area contributed by atoms with Crippen LogP contribution >= 0.6 is 11.6 Å². The van der Waals surface area contributed by atoms with E-state index in [1.807, 2.05) is 35.3 Å². The van der Waals surface area contributed by atoms with Crippen molar-refractivity contribution in [3.8, 4) is 6.07 Å². The van der Waals surface area contributed by atoms with E-state index in [0.717, 1.165) is 29.3 Å². The standard InChI is InChI=1S/C23H19ClFN3O/c24-20-8-5-9-21(25)19(20)14-23(29)28-13-4-3-12-27(28)22-11-10-16(15-26)17-6-1-2-7-18(17)22/h1-2,5-11H,3-4,12-14H2. The largest absolute Gasteiger partial charge is 0.282 e. The van der Waals surface area contributed by atoms with Crippen LogP contribution < -0.4 is 5.01 Å². The van der Waals surface area contributed by atoms with Gasteiger partial charge in [0.2, 0.25) is 5.91 Å². The number of nitriles is 1. The Balaban J connectivity index is 1.71. The van der Waals surface area contributed by atoms with Crippen LogP contribution in [-0.4, -0.2) is 24.0 Å². The molecule has 146 valence electrons. The van der Waals surface area contributed by atoms with E-state index in [1.54, 1.807) is 17.1 Å². The molecule has 1 amide bonds. The first-order valence-corrected chi connectivity index (χ1v) is 9.90. The number of amides is 1. The van der Waals surface area contributed by atoms with E-state index in [2.05, 4.69) is 6.07 Å². The number of nitrogens with zero attached hydrogens (tertiary/aromatic N) is 3. The number of carbonyl (C=O) groups excluding carboxylic acids is 1. The fourth-order valence-electron chi connectivity index (χ4n) is 3.82. The van der Waals surface area contributed by atoms with Gasteiger partial charge in [0, 0.05) is 34.4 Å². The van der Waals surface area contributed by atoms with Crippen molar-refractivity contribution in [3.63, 3.8) is 0 Å². The maximum absolute atomic E-state index is 14.2. The first-order chi connectivity index (χ1) is 14.1. The molecule has 0 atom stereocenters. The van der Waals surface area contributed by atoms with E-state index in [9.17, 15) is 14.4 Å². The van der Waals surface area contributed by atoms with Crippen LogP contribution in [0.1, 0.15) is 24.0 Å². The number of hydrogen-bond acceptors (Lipinski definition) is 3. The number of anilines is 1. The van der Waals surface area contributed by atoms with Gasteiger partial charge in [0.1, 0.15) is 5.82 Å². The summed E-state index contributed by atoms with van der Waals surface area (Å²) in [5.41, 5.74) is 1.68. The highest BCUT2D eigenvalue weighted by molar-refractivity contribution is 6.31. The van der Waals surface area contributed by atoms with E-state index in [1.165, 1.54) is 12.1 Å². The van der Waals surface area contributed by atoms with Crippen LogP contribution in [0.4, 0.5) is 10.1 Å². The Kier molecular flexibility index (Phi) is 5.37. The molecule has 0 aliphatic carbocycles. The molecule has 1 aliphatic rings. The van der Waals surface area contributed by atoms with Crippen LogP contribution in [0.25, 0.3) is 10.8 Å². The topological polar surface area (TPSA) is 47.3 Å². The van der Waals surface area contributed by atoms with Gasteiger partial charge >= 0.3 is 0 Å². The maximum Gasteiger partial charge on any atom is 0.245 e. The highest BCUT2D eigenvalue weighted by atomic mass is 35.5. The molecule has 29 heavy (non-hydrogen) atoms. The van der Waals surface area contributed by atoms with Crippen LogP contribution in [0, 0.1) is 17.1 Å². The van der Waals surface area contributed by atoms with Crippen molar-refractivity contribution in [1.82, 2.24) is 5.01 Å². The fraction of sp³-hybridized carbons (Fsp3) is 0.217. The van der Waals surface area contributed by atoms with Gasteiger partial charge in [-0.3, -0.25) is 14.8 Å². The van der Waals surface area contributed by atoms with Gasteiger partial charge in [0.05, 0.1) is 23.7 Å². The third kappa shape index (κ3) is 3.64. The van der Waals surface area contributed by atoms with Crippen LogP contribution in [0.3, 0.4) is 0 Å². The molecule has 4 rings (SSSR count). The number of hydrogen-bond donors (Lipinski definition) is 0. The van der Waals surface area contributed by atoms with Gasteiger partial charge in [-0.2, -0.15) is 5.26 Å². The van der Waals surface area contributed by atoms with E-state index < -0.39 is 5.82 Å². The Morgan fingerprint density at radius 2 is 1.79 bits per heavy atom. The lowest BCUT2D eigenvalue weighted by Gasteiger charge is -2.41. The van der Waals surface area contributed by atoms with Crippen molar-refractivity contribution in [2.75, 3.05) is 18.1 Å². The Morgan fingerprint density at radius 1 is 1.03 bits per heavy atom.